The predicted octanol–water partition coefficient (Wildman–Crippen LogP) is 5.91. The molecule has 8 nitrogen and oxygen atoms in total. The zero-order valence-electron chi connectivity index (χ0n) is 19.5. The maximum Gasteiger partial charge on any atom is 0.336 e. The van der Waals surface area contributed by atoms with Crippen molar-refractivity contribution in [3.05, 3.63) is 86.4 Å². The number of hydrogen-bond donors (Lipinski definition) is 1. The number of barbiturate groups is 1. The topological polar surface area (TPSA) is 94.2 Å². The van der Waals surface area contributed by atoms with Crippen LogP contribution in [0, 0.1) is 0 Å². The lowest BCUT2D eigenvalue weighted by molar-refractivity contribution is -0.122. The van der Waals surface area contributed by atoms with E-state index in [1.807, 2.05) is 12.1 Å². The van der Waals surface area contributed by atoms with E-state index in [0.717, 1.165) is 10.5 Å². The van der Waals surface area contributed by atoms with E-state index >= 15 is 0 Å². The van der Waals surface area contributed by atoms with E-state index in [1.54, 1.807) is 24.3 Å². The number of methoxy groups -OCH3 is 2. The van der Waals surface area contributed by atoms with E-state index in [1.165, 1.54) is 38.5 Å². The Morgan fingerprint density at radius 3 is 2.27 bits per heavy atom. The average molecular weight is 562 g/mol. The molecule has 0 bridgehead atoms. The van der Waals surface area contributed by atoms with Gasteiger partial charge in [-0.3, -0.25) is 14.9 Å². The fourth-order valence-electron chi connectivity index (χ4n) is 3.57. The van der Waals surface area contributed by atoms with E-state index in [0.29, 0.717) is 16.3 Å². The fourth-order valence-corrected chi connectivity index (χ4v) is 4.26. The molecular formula is C26H19Cl3N2O6. The number of nitrogens with one attached hydrogen (secondary N) is 1. The van der Waals surface area contributed by atoms with Crippen molar-refractivity contribution in [1.29, 1.82) is 0 Å². The quantitative estimate of drug-likeness (QED) is 0.285. The van der Waals surface area contributed by atoms with Gasteiger partial charge in [-0.05, 0) is 41.5 Å². The van der Waals surface area contributed by atoms with E-state index < -0.39 is 17.8 Å². The Hall–Kier alpha value is -3.72. The van der Waals surface area contributed by atoms with Crippen LogP contribution >= 0.6 is 34.8 Å². The van der Waals surface area contributed by atoms with Crippen molar-refractivity contribution >= 4 is 64.4 Å². The molecule has 190 valence electrons. The van der Waals surface area contributed by atoms with Crippen LogP contribution in [0.25, 0.3) is 6.08 Å². The zero-order valence-corrected chi connectivity index (χ0v) is 21.8. The van der Waals surface area contributed by atoms with Crippen LogP contribution in [0.15, 0.2) is 60.2 Å². The second-order valence-corrected chi connectivity index (χ2v) is 8.98. The Kier molecular flexibility index (Phi) is 7.92. The SMILES string of the molecule is COc1cc(N2C(=O)NC(=O)/C(=C\c3ccc(OCc4cccc(Cl)c4)c(Cl)c3)C2=O)c(OC)cc1Cl. The van der Waals surface area contributed by atoms with Gasteiger partial charge in [0.2, 0.25) is 0 Å². The number of carbonyl (C=O) groups is 3. The maximum atomic E-state index is 13.3. The minimum Gasteiger partial charge on any atom is -0.495 e. The van der Waals surface area contributed by atoms with Gasteiger partial charge < -0.3 is 14.2 Å². The van der Waals surface area contributed by atoms with Gasteiger partial charge in [-0.25, -0.2) is 9.69 Å². The van der Waals surface area contributed by atoms with Gasteiger partial charge in [0.25, 0.3) is 11.8 Å². The van der Waals surface area contributed by atoms with Crippen LogP contribution in [0.1, 0.15) is 11.1 Å². The minimum absolute atomic E-state index is 0.0486. The summed E-state index contributed by atoms with van der Waals surface area (Å²) in [4.78, 5) is 39.3. The summed E-state index contributed by atoms with van der Waals surface area (Å²) in [5, 5.41) is 3.23. The number of ether oxygens (including phenoxy) is 3. The molecular weight excluding hydrogens is 543 g/mol. The predicted molar refractivity (Wildman–Crippen MR) is 141 cm³/mol. The van der Waals surface area contributed by atoms with Gasteiger partial charge in [-0.15, -0.1) is 0 Å². The lowest BCUT2D eigenvalue weighted by Gasteiger charge is -2.28. The first-order valence-electron chi connectivity index (χ1n) is 10.7. The van der Waals surface area contributed by atoms with Gasteiger partial charge in [0.05, 0.1) is 30.0 Å². The van der Waals surface area contributed by atoms with Crippen molar-refractivity contribution < 1.29 is 28.6 Å². The number of urea groups is 1. The van der Waals surface area contributed by atoms with Gasteiger partial charge in [-0.1, -0.05) is 53.0 Å². The highest BCUT2D eigenvalue weighted by Crippen LogP contribution is 2.39. The van der Waals surface area contributed by atoms with Crippen molar-refractivity contribution in [3.8, 4) is 17.2 Å². The summed E-state index contributed by atoms with van der Waals surface area (Å²) in [7, 11) is 2.74. The molecule has 1 N–H and O–H groups in total. The van der Waals surface area contributed by atoms with Crippen LogP contribution in [-0.2, 0) is 16.2 Å². The monoisotopic (exact) mass is 560 g/mol. The maximum absolute atomic E-state index is 13.3. The van der Waals surface area contributed by atoms with Gasteiger partial charge in [0.15, 0.2) is 0 Å². The number of hydrogen-bond acceptors (Lipinski definition) is 6. The number of benzene rings is 3. The van der Waals surface area contributed by atoms with Crippen LogP contribution < -0.4 is 24.4 Å². The smallest absolute Gasteiger partial charge is 0.336 e. The number of nitrogens with zero attached hydrogens (tertiary/aromatic N) is 1. The molecule has 0 atom stereocenters. The van der Waals surface area contributed by atoms with Crippen molar-refractivity contribution in [2.75, 3.05) is 19.1 Å². The van der Waals surface area contributed by atoms with Gasteiger partial charge in [-0.2, -0.15) is 0 Å². The van der Waals surface area contributed by atoms with Crippen LogP contribution in [0.4, 0.5) is 10.5 Å². The molecule has 3 aromatic carbocycles. The largest absolute Gasteiger partial charge is 0.495 e. The van der Waals surface area contributed by atoms with Crippen molar-refractivity contribution in [1.82, 2.24) is 5.32 Å². The Morgan fingerprint density at radius 2 is 1.59 bits per heavy atom. The molecule has 4 amide bonds. The lowest BCUT2D eigenvalue weighted by Crippen LogP contribution is -2.54. The van der Waals surface area contributed by atoms with Gasteiger partial charge in [0.1, 0.15) is 29.4 Å². The first kappa shape index (κ1) is 26.3. The number of anilines is 1. The second-order valence-electron chi connectivity index (χ2n) is 7.72. The summed E-state index contributed by atoms with van der Waals surface area (Å²) in [6.07, 6.45) is 1.32. The Morgan fingerprint density at radius 1 is 0.865 bits per heavy atom. The normalized spacial score (nSPS) is 14.6. The zero-order chi connectivity index (χ0) is 26.7. The third-order valence-electron chi connectivity index (χ3n) is 5.35. The third kappa shape index (κ3) is 5.67. The molecule has 1 aliphatic heterocycles. The highest BCUT2D eigenvalue weighted by Gasteiger charge is 2.38. The minimum atomic E-state index is -0.947. The number of carbonyl (C=O) groups excluding carboxylic acids is 3. The molecule has 4 rings (SSSR count). The molecule has 0 spiro atoms. The summed E-state index contributed by atoms with van der Waals surface area (Å²) in [5.41, 5.74) is 1.05. The van der Waals surface area contributed by atoms with Gasteiger partial charge >= 0.3 is 6.03 Å². The van der Waals surface area contributed by atoms with Crippen LogP contribution in [0.5, 0.6) is 17.2 Å². The number of amides is 4. The van der Waals surface area contributed by atoms with Crippen LogP contribution in [-0.4, -0.2) is 32.1 Å². The molecule has 11 heteroatoms. The number of imide groups is 2. The summed E-state index contributed by atoms with van der Waals surface area (Å²) in [5.74, 6) is -0.983. The Labute approximate surface area is 227 Å². The molecule has 1 saturated heterocycles. The molecule has 37 heavy (non-hydrogen) atoms. The molecule has 3 aromatic rings. The third-order valence-corrected chi connectivity index (χ3v) is 6.17. The van der Waals surface area contributed by atoms with Crippen LogP contribution in [0.3, 0.4) is 0 Å². The Bertz CT molecular complexity index is 1440. The van der Waals surface area contributed by atoms with Crippen molar-refractivity contribution in [2.45, 2.75) is 6.61 Å². The standard InChI is InChI=1S/C26H19Cl3N2O6/c1-35-22-12-20(23(36-2)11-19(22)29)31-25(33)17(24(32)30-26(31)34)9-14-6-7-21(18(28)10-14)37-13-15-4-3-5-16(27)8-15/h3-12H,13H2,1-2H3,(H,30,32,34)/b17-9+. The van der Waals surface area contributed by atoms with Crippen LogP contribution in [0.2, 0.25) is 15.1 Å². The highest BCUT2D eigenvalue weighted by molar-refractivity contribution is 6.40. The van der Waals surface area contributed by atoms with E-state index in [4.69, 9.17) is 49.0 Å². The molecule has 0 aromatic heterocycles. The molecule has 1 fully saturated rings. The van der Waals surface area contributed by atoms with E-state index in [9.17, 15) is 14.4 Å². The molecule has 1 aliphatic rings. The molecule has 1 heterocycles. The highest BCUT2D eigenvalue weighted by atomic mass is 35.5. The molecule has 0 radical (unpaired) electrons. The van der Waals surface area contributed by atoms with E-state index in [2.05, 4.69) is 5.32 Å². The number of halogens is 3. The summed E-state index contributed by atoms with van der Waals surface area (Å²) >= 11 is 18.5. The second kappa shape index (κ2) is 11.1. The van der Waals surface area contributed by atoms with E-state index in [-0.39, 0.29) is 39.4 Å². The summed E-state index contributed by atoms with van der Waals surface area (Å²) in [6, 6.07) is 13.8. The molecule has 0 unspecified atom stereocenters. The lowest BCUT2D eigenvalue weighted by atomic mass is 10.1. The first-order chi connectivity index (χ1) is 17.7. The van der Waals surface area contributed by atoms with Crippen molar-refractivity contribution in [2.24, 2.45) is 0 Å². The van der Waals surface area contributed by atoms with Crippen molar-refractivity contribution in [3.63, 3.8) is 0 Å². The molecule has 0 saturated carbocycles. The van der Waals surface area contributed by atoms with Gasteiger partial charge in [0, 0.05) is 17.2 Å². The Balaban J connectivity index is 1.62. The average Bonchev–Trinajstić information content (AvgIpc) is 2.86. The summed E-state index contributed by atoms with van der Waals surface area (Å²) < 4.78 is 16.2. The first-order valence-corrected chi connectivity index (χ1v) is 11.8. The molecule has 0 aliphatic carbocycles. The summed E-state index contributed by atoms with van der Waals surface area (Å²) in [6.45, 7) is 0.241. The fraction of sp³-hybridized carbons (Fsp3) is 0.115. The number of rotatable bonds is 7.